The summed E-state index contributed by atoms with van der Waals surface area (Å²) in [6, 6.07) is 0. The van der Waals surface area contributed by atoms with Gasteiger partial charge in [0.1, 0.15) is 0 Å². The van der Waals surface area contributed by atoms with E-state index in [1.54, 1.807) is 0 Å². The molecule has 0 bridgehead atoms. The van der Waals surface area contributed by atoms with E-state index in [9.17, 15) is 4.79 Å². The Morgan fingerprint density at radius 2 is 2.17 bits per heavy atom. The first kappa shape index (κ1) is 14.3. The zero-order chi connectivity index (χ0) is 13.0. The van der Waals surface area contributed by atoms with Gasteiger partial charge in [-0.05, 0) is 25.2 Å². The van der Waals surface area contributed by atoms with Crippen molar-refractivity contribution < 1.29 is 9.53 Å². The van der Waals surface area contributed by atoms with Crippen LogP contribution in [-0.2, 0) is 9.53 Å². The maximum atomic E-state index is 12.1. The molecular formula is C14H24BrNO2. The maximum Gasteiger partial charge on any atom is 0.222 e. The Morgan fingerprint density at radius 3 is 2.78 bits per heavy atom. The first-order valence-corrected chi connectivity index (χ1v) is 8.23. The predicted octanol–water partition coefficient (Wildman–Crippen LogP) is 2.83. The summed E-state index contributed by atoms with van der Waals surface area (Å²) in [5.74, 6) is 0.954. The second-order valence-electron chi connectivity index (χ2n) is 5.88. The first-order valence-electron chi connectivity index (χ1n) is 7.10. The number of halogens is 1. The summed E-state index contributed by atoms with van der Waals surface area (Å²) in [5.41, 5.74) is 0.245. The van der Waals surface area contributed by atoms with Crippen LogP contribution in [0.2, 0.25) is 0 Å². The van der Waals surface area contributed by atoms with Crippen LogP contribution in [0, 0.1) is 11.3 Å². The van der Waals surface area contributed by atoms with Gasteiger partial charge in [0, 0.05) is 43.5 Å². The molecule has 104 valence electrons. The van der Waals surface area contributed by atoms with Crippen LogP contribution in [0.5, 0.6) is 0 Å². The lowest BCUT2D eigenvalue weighted by molar-refractivity contribution is -0.129. The van der Waals surface area contributed by atoms with Gasteiger partial charge in [-0.3, -0.25) is 4.79 Å². The van der Waals surface area contributed by atoms with E-state index < -0.39 is 0 Å². The largest absolute Gasteiger partial charge is 0.381 e. The minimum Gasteiger partial charge on any atom is -0.381 e. The number of carbonyl (C=O) groups excluding carboxylic acids is 1. The third kappa shape index (κ3) is 3.27. The molecule has 0 saturated carbocycles. The molecule has 1 unspecified atom stereocenters. The number of carbonyl (C=O) groups is 1. The Kier molecular flexibility index (Phi) is 5.07. The molecule has 2 aliphatic heterocycles. The van der Waals surface area contributed by atoms with Gasteiger partial charge in [-0.2, -0.15) is 0 Å². The van der Waals surface area contributed by atoms with Crippen molar-refractivity contribution in [3.05, 3.63) is 0 Å². The van der Waals surface area contributed by atoms with Crippen LogP contribution < -0.4 is 0 Å². The van der Waals surface area contributed by atoms with Crippen molar-refractivity contribution in [2.75, 3.05) is 31.6 Å². The minimum absolute atomic E-state index is 0.245. The van der Waals surface area contributed by atoms with Gasteiger partial charge in [-0.15, -0.1) is 0 Å². The molecule has 2 heterocycles. The molecule has 4 heteroatoms. The first-order chi connectivity index (χ1) is 8.69. The highest BCUT2D eigenvalue weighted by Gasteiger charge is 2.38. The molecule has 0 N–H and O–H groups in total. The van der Waals surface area contributed by atoms with Crippen LogP contribution >= 0.6 is 15.9 Å². The van der Waals surface area contributed by atoms with Crippen LogP contribution in [0.3, 0.4) is 0 Å². The molecule has 0 aliphatic carbocycles. The summed E-state index contributed by atoms with van der Waals surface area (Å²) in [5, 5.41) is 0.978. The number of hydrogen-bond acceptors (Lipinski definition) is 2. The lowest BCUT2D eigenvalue weighted by Gasteiger charge is -2.38. The van der Waals surface area contributed by atoms with Gasteiger partial charge in [0.15, 0.2) is 0 Å². The van der Waals surface area contributed by atoms with E-state index in [-0.39, 0.29) is 5.41 Å². The molecule has 0 aromatic carbocycles. The third-order valence-electron chi connectivity index (χ3n) is 4.35. The lowest BCUT2D eigenvalue weighted by Crippen LogP contribution is -2.43. The number of alkyl halides is 1. The molecule has 1 amide bonds. The Morgan fingerprint density at radius 1 is 1.44 bits per heavy atom. The molecule has 2 rings (SSSR count). The second kappa shape index (κ2) is 6.38. The highest BCUT2D eigenvalue weighted by molar-refractivity contribution is 9.09. The predicted molar refractivity (Wildman–Crippen MR) is 75.9 cm³/mol. The molecule has 0 aromatic rings. The van der Waals surface area contributed by atoms with Gasteiger partial charge in [-0.25, -0.2) is 0 Å². The Bertz CT molecular complexity index is 290. The standard InChI is InChI=1S/C14H24BrNO2/c1-2-3-12-8-13(17)16(9-12)11-14(10-15)4-6-18-7-5-14/h12H,2-11H2,1H3. The molecule has 2 saturated heterocycles. The zero-order valence-corrected chi connectivity index (χ0v) is 12.9. The fraction of sp³-hybridized carbons (Fsp3) is 0.929. The summed E-state index contributed by atoms with van der Waals surface area (Å²) in [7, 11) is 0. The van der Waals surface area contributed by atoms with Gasteiger partial charge >= 0.3 is 0 Å². The van der Waals surface area contributed by atoms with Gasteiger partial charge in [0.2, 0.25) is 5.91 Å². The van der Waals surface area contributed by atoms with Crippen LogP contribution in [0.15, 0.2) is 0 Å². The number of ether oxygens (including phenoxy) is 1. The van der Waals surface area contributed by atoms with Crippen molar-refractivity contribution in [1.29, 1.82) is 0 Å². The van der Waals surface area contributed by atoms with Crippen LogP contribution in [0.4, 0.5) is 0 Å². The van der Waals surface area contributed by atoms with Crippen LogP contribution in [0.25, 0.3) is 0 Å². The van der Waals surface area contributed by atoms with Crippen molar-refractivity contribution in [2.24, 2.45) is 11.3 Å². The van der Waals surface area contributed by atoms with Crippen molar-refractivity contribution in [2.45, 2.75) is 39.0 Å². The highest BCUT2D eigenvalue weighted by atomic mass is 79.9. The smallest absolute Gasteiger partial charge is 0.222 e. The van der Waals surface area contributed by atoms with E-state index in [1.165, 1.54) is 12.8 Å². The zero-order valence-electron chi connectivity index (χ0n) is 11.3. The number of nitrogens with zero attached hydrogens (tertiary/aromatic N) is 1. The molecule has 18 heavy (non-hydrogen) atoms. The molecule has 1 atom stereocenters. The fourth-order valence-electron chi connectivity index (χ4n) is 3.15. The van der Waals surface area contributed by atoms with Crippen LogP contribution in [0.1, 0.15) is 39.0 Å². The van der Waals surface area contributed by atoms with E-state index in [2.05, 4.69) is 27.8 Å². The van der Waals surface area contributed by atoms with E-state index in [0.29, 0.717) is 11.8 Å². The average Bonchev–Trinajstić information content (AvgIpc) is 2.71. The molecule has 2 aliphatic rings. The normalized spacial score (nSPS) is 27.8. The summed E-state index contributed by atoms with van der Waals surface area (Å²) >= 11 is 3.65. The summed E-state index contributed by atoms with van der Waals surface area (Å²) in [6.07, 6.45) is 5.28. The number of likely N-dealkylation sites (tertiary alicyclic amines) is 1. The second-order valence-corrected chi connectivity index (χ2v) is 6.44. The molecule has 0 spiro atoms. The van der Waals surface area contributed by atoms with Crippen molar-refractivity contribution >= 4 is 21.8 Å². The molecule has 3 nitrogen and oxygen atoms in total. The van der Waals surface area contributed by atoms with Gasteiger partial charge in [0.25, 0.3) is 0 Å². The third-order valence-corrected chi connectivity index (χ3v) is 5.54. The Balaban J connectivity index is 1.93. The van der Waals surface area contributed by atoms with Crippen molar-refractivity contribution in [3.63, 3.8) is 0 Å². The fourth-order valence-corrected chi connectivity index (χ4v) is 3.89. The molecule has 0 radical (unpaired) electrons. The minimum atomic E-state index is 0.245. The summed E-state index contributed by atoms with van der Waals surface area (Å²) in [6.45, 7) is 5.77. The Labute approximate surface area is 118 Å². The summed E-state index contributed by atoms with van der Waals surface area (Å²) in [4.78, 5) is 14.2. The number of hydrogen-bond donors (Lipinski definition) is 0. The summed E-state index contributed by atoms with van der Waals surface area (Å²) < 4.78 is 5.45. The van der Waals surface area contributed by atoms with E-state index in [0.717, 1.165) is 50.9 Å². The molecule has 0 aromatic heterocycles. The number of amides is 1. The van der Waals surface area contributed by atoms with Crippen LogP contribution in [-0.4, -0.2) is 42.4 Å². The van der Waals surface area contributed by atoms with Gasteiger partial charge in [0.05, 0.1) is 0 Å². The molecular weight excluding hydrogens is 294 g/mol. The van der Waals surface area contributed by atoms with E-state index in [1.807, 2.05) is 0 Å². The van der Waals surface area contributed by atoms with Gasteiger partial charge < -0.3 is 9.64 Å². The number of rotatable bonds is 5. The molecule has 2 fully saturated rings. The Hall–Kier alpha value is -0.0900. The van der Waals surface area contributed by atoms with E-state index >= 15 is 0 Å². The monoisotopic (exact) mass is 317 g/mol. The average molecular weight is 318 g/mol. The van der Waals surface area contributed by atoms with Crippen molar-refractivity contribution in [3.8, 4) is 0 Å². The van der Waals surface area contributed by atoms with E-state index in [4.69, 9.17) is 4.74 Å². The quantitative estimate of drug-likeness (QED) is 0.730. The van der Waals surface area contributed by atoms with Crippen molar-refractivity contribution in [1.82, 2.24) is 4.90 Å². The van der Waals surface area contributed by atoms with Gasteiger partial charge in [-0.1, -0.05) is 29.3 Å². The maximum absolute atomic E-state index is 12.1. The highest BCUT2D eigenvalue weighted by Crippen LogP contribution is 2.35. The SMILES string of the molecule is CCCC1CC(=O)N(CC2(CBr)CCOCC2)C1. The lowest BCUT2D eigenvalue weighted by atomic mass is 9.82. The topological polar surface area (TPSA) is 29.5 Å².